The number of carbonyl (C=O) groups excluding carboxylic acids is 1. The predicted octanol–water partition coefficient (Wildman–Crippen LogP) is 7.97. The monoisotopic (exact) mass is 374 g/mol. The summed E-state index contributed by atoms with van der Waals surface area (Å²) in [6.07, 6.45) is 24.0. The van der Waals surface area contributed by atoms with Gasteiger partial charge in [0.2, 0.25) is 0 Å². The first kappa shape index (κ1) is 21.4. The molecule has 3 saturated carbocycles. The highest BCUT2D eigenvalue weighted by molar-refractivity contribution is 5.81. The van der Waals surface area contributed by atoms with Gasteiger partial charge in [-0.05, 0) is 81.0 Å². The van der Waals surface area contributed by atoms with Gasteiger partial charge in [-0.25, -0.2) is 0 Å². The number of rotatable bonds is 8. The zero-order valence-electron chi connectivity index (χ0n) is 18.4. The van der Waals surface area contributed by atoms with E-state index >= 15 is 0 Å². The van der Waals surface area contributed by atoms with Gasteiger partial charge in [0.25, 0.3) is 0 Å². The van der Waals surface area contributed by atoms with Crippen molar-refractivity contribution in [3.8, 4) is 0 Å². The molecule has 0 aromatic heterocycles. The molecule has 3 rings (SSSR count). The van der Waals surface area contributed by atoms with Gasteiger partial charge in [0.15, 0.2) is 0 Å². The highest BCUT2D eigenvalue weighted by Crippen LogP contribution is 2.45. The average Bonchev–Trinajstić information content (AvgIpc) is 2.71. The maximum absolute atomic E-state index is 12.1. The summed E-state index contributed by atoms with van der Waals surface area (Å²) < 4.78 is 0. The average molecular weight is 375 g/mol. The number of hydrogen-bond donors (Lipinski definition) is 0. The van der Waals surface area contributed by atoms with Gasteiger partial charge >= 0.3 is 0 Å². The lowest BCUT2D eigenvalue weighted by Crippen LogP contribution is -2.32. The van der Waals surface area contributed by atoms with Gasteiger partial charge in [-0.2, -0.15) is 0 Å². The summed E-state index contributed by atoms with van der Waals surface area (Å²) in [5.74, 6) is 5.62. The first-order valence-electron chi connectivity index (χ1n) is 12.7. The minimum absolute atomic E-state index is 0.347. The van der Waals surface area contributed by atoms with Crippen molar-refractivity contribution in [2.75, 3.05) is 0 Å². The Bertz CT molecular complexity index is 425. The zero-order chi connectivity index (χ0) is 19.1. The predicted molar refractivity (Wildman–Crippen MR) is 116 cm³/mol. The van der Waals surface area contributed by atoms with Crippen molar-refractivity contribution in [3.63, 3.8) is 0 Å². The molecule has 156 valence electrons. The Hall–Kier alpha value is -0.330. The van der Waals surface area contributed by atoms with Crippen LogP contribution in [-0.2, 0) is 4.79 Å². The van der Waals surface area contributed by atoms with Crippen LogP contribution in [0.25, 0.3) is 0 Å². The fraction of sp³-hybridized carbons (Fsp3) is 0.962. The topological polar surface area (TPSA) is 17.1 Å². The summed E-state index contributed by atoms with van der Waals surface area (Å²) in [5.41, 5.74) is 0. The van der Waals surface area contributed by atoms with Crippen molar-refractivity contribution in [3.05, 3.63) is 0 Å². The molecule has 0 aromatic carbocycles. The van der Waals surface area contributed by atoms with E-state index in [0.717, 1.165) is 42.4 Å². The summed E-state index contributed by atoms with van der Waals surface area (Å²) >= 11 is 0. The molecule has 0 aromatic rings. The highest BCUT2D eigenvalue weighted by Gasteiger charge is 2.35. The van der Waals surface area contributed by atoms with Gasteiger partial charge in [-0.3, -0.25) is 4.79 Å². The molecular weight excluding hydrogens is 328 g/mol. The smallest absolute Gasteiger partial charge is 0.135 e. The molecule has 0 spiro atoms. The maximum Gasteiger partial charge on any atom is 0.135 e. The Morgan fingerprint density at radius 1 is 0.667 bits per heavy atom. The second kappa shape index (κ2) is 11.0. The van der Waals surface area contributed by atoms with Crippen molar-refractivity contribution in [1.29, 1.82) is 0 Å². The first-order valence-corrected chi connectivity index (χ1v) is 12.7. The van der Waals surface area contributed by atoms with Crippen LogP contribution in [0.2, 0.25) is 0 Å². The Morgan fingerprint density at radius 2 is 1.19 bits per heavy atom. The number of ketones is 1. The standard InChI is InChI=1S/C26H46O/c1-3-4-5-6-7-8-21-10-13-22(14-11-21)23-15-17-24(18-16-23)25-12-9-20(2)26(27)19-25/h20-25H,3-19H2,1-2H3/t20-,21?,22?,23?,24?,25-/m0/s1. The van der Waals surface area contributed by atoms with E-state index in [9.17, 15) is 4.79 Å². The zero-order valence-corrected chi connectivity index (χ0v) is 18.4. The second-order valence-electron chi connectivity index (χ2n) is 10.6. The highest BCUT2D eigenvalue weighted by atomic mass is 16.1. The van der Waals surface area contributed by atoms with Gasteiger partial charge in [-0.1, -0.05) is 65.2 Å². The van der Waals surface area contributed by atoms with E-state index < -0.39 is 0 Å². The molecule has 0 unspecified atom stereocenters. The van der Waals surface area contributed by atoms with Crippen LogP contribution in [0.15, 0.2) is 0 Å². The molecule has 0 radical (unpaired) electrons. The molecule has 0 heterocycles. The third-order valence-corrected chi connectivity index (χ3v) is 8.74. The van der Waals surface area contributed by atoms with Crippen molar-refractivity contribution in [2.24, 2.45) is 35.5 Å². The SMILES string of the molecule is CCCCCCCC1CCC(C2CCC([C@H]3CC[C@H](C)C(=O)C3)CC2)CC1. The van der Waals surface area contributed by atoms with Crippen LogP contribution in [0.3, 0.4) is 0 Å². The Morgan fingerprint density at radius 3 is 1.78 bits per heavy atom. The third-order valence-electron chi connectivity index (χ3n) is 8.74. The fourth-order valence-corrected chi connectivity index (χ4v) is 6.66. The molecule has 1 heteroatoms. The number of hydrogen-bond acceptors (Lipinski definition) is 1. The lowest BCUT2D eigenvalue weighted by Gasteiger charge is -2.41. The summed E-state index contributed by atoms with van der Waals surface area (Å²) in [6.45, 7) is 4.45. The van der Waals surface area contributed by atoms with E-state index in [1.54, 1.807) is 0 Å². The molecular formula is C26H46O. The van der Waals surface area contributed by atoms with Gasteiger partial charge in [0, 0.05) is 12.3 Å². The van der Waals surface area contributed by atoms with Crippen LogP contribution in [0, 0.1) is 35.5 Å². The van der Waals surface area contributed by atoms with E-state index in [1.807, 2.05) is 0 Å². The van der Waals surface area contributed by atoms with Crippen LogP contribution in [-0.4, -0.2) is 5.78 Å². The molecule has 0 saturated heterocycles. The minimum atomic E-state index is 0.347. The molecule has 2 atom stereocenters. The van der Waals surface area contributed by atoms with Gasteiger partial charge < -0.3 is 0 Å². The molecule has 0 amide bonds. The van der Waals surface area contributed by atoms with E-state index in [2.05, 4.69) is 13.8 Å². The number of unbranched alkanes of at least 4 members (excludes halogenated alkanes) is 4. The summed E-state index contributed by atoms with van der Waals surface area (Å²) in [7, 11) is 0. The maximum atomic E-state index is 12.1. The Labute approximate surface area is 169 Å². The molecule has 0 aliphatic heterocycles. The lowest BCUT2D eigenvalue weighted by molar-refractivity contribution is -0.126. The quantitative estimate of drug-likeness (QED) is 0.394. The number of carbonyl (C=O) groups is 1. The van der Waals surface area contributed by atoms with Crippen molar-refractivity contribution >= 4 is 5.78 Å². The van der Waals surface area contributed by atoms with Crippen molar-refractivity contribution < 1.29 is 4.79 Å². The Balaban J connectivity index is 1.31. The van der Waals surface area contributed by atoms with Crippen LogP contribution in [0.1, 0.15) is 123 Å². The van der Waals surface area contributed by atoms with Gasteiger partial charge in [-0.15, -0.1) is 0 Å². The molecule has 3 aliphatic carbocycles. The number of Topliss-reactive ketones (excluding diaryl/α,β-unsaturated/α-hetero) is 1. The molecule has 3 fully saturated rings. The van der Waals surface area contributed by atoms with Crippen molar-refractivity contribution in [2.45, 2.75) is 123 Å². The van der Waals surface area contributed by atoms with Crippen LogP contribution in [0.5, 0.6) is 0 Å². The van der Waals surface area contributed by atoms with E-state index in [0.29, 0.717) is 11.7 Å². The van der Waals surface area contributed by atoms with Crippen molar-refractivity contribution in [1.82, 2.24) is 0 Å². The van der Waals surface area contributed by atoms with E-state index in [4.69, 9.17) is 0 Å². The minimum Gasteiger partial charge on any atom is -0.299 e. The molecule has 3 aliphatic rings. The van der Waals surface area contributed by atoms with Gasteiger partial charge in [0.05, 0.1) is 0 Å². The molecule has 0 bridgehead atoms. The normalized spacial score (nSPS) is 38.1. The van der Waals surface area contributed by atoms with Crippen LogP contribution in [0.4, 0.5) is 0 Å². The fourth-order valence-electron chi connectivity index (χ4n) is 6.66. The van der Waals surface area contributed by atoms with E-state index in [-0.39, 0.29) is 0 Å². The van der Waals surface area contributed by atoms with Crippen LogP contribution >= 0.6 is 0 Å². The molecule has 1 nitrogen and oxygen atoms in total. The summed E-state index contributed by atoms with van der Waals surface area (Å²) in [5, 5.41) is 0. The third kappa shape index (κ3) is 6.33. The first-order chi connectivity index (χ1) is 13.2. The van der Waals surface area contributed by atoms with Crippen LogP contribution < -0.4 is 0 Å². The van der Waals surface area contributed by atoms with Gasteiger partial charge in [0.1, 0.15) is 5.78 Å². The summed E-state index contributed by atoms with van der Waals surface area (Å²) in [6, 6.07) is 0. The molecule has 0 N–H and O–H groups in total. The summed E-state index contributed by atoms with van der Waals surface area (Å²) in [4.78, 5) is 12.1. The largest absolute Gasteiger partial charge is 0.299 e. The lowest BCUT2D eigenvalue weighted by atomic mass is 9.65. The molecule has 27 heavy (non-hydrogen) atoms. The Kier molecular flexibility index (Phi) is 8.72. The second-order valence-corrected chi connectivity index (χ2v) is 10.6. The van der Waals surface area contributed by atoms with E-state index in [1.165, 1.54) is 96.3 Å².